The minimum atomic E-state index is -0.803. The van der Waals surface area contributed by atoms with E-state index in [1.54, 1.807) is 56.3 Å². The summed E-state index contributed by atoms with van der Waals surface area (Å²) in [6, 6.07) is 9.47. The smallest absolute Gasteiger partial charge is 0.338 e. The minimum absolute atomic E-state index is 0.171. The molecular formula is C29H30N2O8S. The number of fused-ring (bicyclic) bond motifs is 1. The van der Waals surface area contributed by atoms with Crippen molar-refractivity contribution in [2.45, 2.75) is 33.7 Å². The monoisotopic (exact) mass is 566 g/mol. The van der Waals surface area contributed by atoms with Crippen LogP contribution >= 0.6 is 11.3 Å². The van der Waals surface area contributed by atoms with Crippen molar-refractivity contribution in [3.63, 3.8) is 0 Å². The number of carbonyl (C=O) groups is 2. The van der Waals surface area contributed by atoms with Crippen molar-refractivity contribution >= 4 is 29.4 Å². The molecule has 210 valence electrons. The summed E-state index contributed by atoms with van der Waals surface area (Å²) in [7, 11) is 3.05. The van der Waals surface area contributed by atoms with Crippen LogP contribution in [0, 0.1) is 0 Å². The number of carbonyl (C=O) groups excluding carboxylic acids is 2. The number of hydrogen-bond acceptors (Lipinski definition) is 10. The van der Waals surface area contributed by atoms with Gasteiger partial charge < -0.3 is 23.7 Å². The fourth-order valence-corrected chi connectivity index (χ4v) is 5.45. The quantitative estimate of drug-likeness (QED) is 0.287. The maximum absolute atomic E-state index is 13.9. The number of methoxy groups -OCH3 is 2. The molecule has 1 unspecified atom stereocenters. The van der Waals surface area contributed by atoms with Crippen LogP contribution < -0.4 is 33.8 Å². The van der Waals surface area contributed by atoms with E-state index in [0.29, 0.717) is 50.0 Å². The van der Waals surface area contributed by atoms with Gasteiger partial charge in [0.1, 0.15) is 0 Å². The Balaban J connectivity index is 1.91. The lowest BCUT2D eigenvalue weighted by atomic mass is 9.95. The van der Waals surface area contributed by atoms with Gasteiger partial charge in [-0.3, -0.25) is 14.2 Å². The molecule has 2 heterocycles. The van der Waals surface area contributed by atoms with E-state index in [2.05, 4.69) is 4.99 Å². The molecule has 11 heteroatoms. The number of esters is 2. The number of ether oxygens (including phenoxy) is 5. The van der Waals surface area contributed by atoms with E-state index in [9.17, 15) is 14.4 Å². The van der Waals surface area contributed by atoms with Gasteiger partial charge in [-0.1, -0.05) is 23.5 Å². The number of aromatic nitrogens is 1. The number of allylic oxidation sites excluding steroid dienone is 1. The summed E-state index contributed by atoms with van der Waals surface area (Å²) in [4.78, 5) is 43.5. The molecule has 0 spiro atoms. The summed E-state index contributed by atoms with van der Waals surface area (Å²) < 4.78 is 29.0. The van der Waals surface area contributed by atoms with Crippen molar-refractivity contribution in [3.8, 4) is 23.0 Å². The number of rotatable bonds is 9. The van der Waals surface area contributed by atoms with Crippen LogP contribution in [0.25, 0.3) is 6.08 Å². The zero-order chi connectivity index (χ0) is 29.0. The summed E-state index contributed by atoms with van der Waals surface area (Å²) in [5.41, 5.74) is 1.67. The molecule has 2 aromatic carbocycles. The zero-order valence-electron chi connectivity index (χ0n) is 23.1. The third kappa shape index (κ3) is 5.64. The molecule has 0 N–H and O–H groups in total. The Labute approximate surface area is 234 Å². The highest BCUT2D eigenvalue weighted by atomic mass is 32.1. The number of benzene rings is 2. The van der Waals surface area contributed by atoms with Crippen molar-refractivity contribution in [2.75, 3.05) is 27.4 Å². The average Bonchev–Trinajstić information content (AvgIpc) is 3.22. The van der Waals surface area contributed by atoms with Crippen LogP contribution in [0.3, 0.4) is 0 Å². The third-order valence-electron chi connectivity index (χ3n) is 6.06. The first kappa shape index (κ1) is 28.6. The van der Waals surface area contributed by atoms with Gasteiger partial charge in [0.15, 0.2) is 27.8 Å². The first-order chi connectivity index (χ1) is 19.2. The highest BCUT2D eigenvalue weighted by Gasteiger charge is 2.34. The van der Waals surface area contributed by atoms with Crippen LogP contribution in [-0.2, 0) is 14.3 Å². The van der Waals surface area contributed by atoms with Gasteiger partial charge in [0, 0.05) is 6.92 Å². The molecule has 1 aliphatic rings. The van der Waals surface area contributed by atoms with Crippen LogP contribution in [0.2, 0.25) is 0 Å². The fraction of sp³-hybridized carbons (Fsp3) is 0.310. The van der Waals surface area contributed by atoms with E-state index < -0.39 is 18.0 Å². The highest BCUT2D eigenvalue weighted by Crippen LogP contribution is 2.36. The van der Waals surface area contributed by atoms with Gasteiger partial charge >= 0.3 is 11.9 Å². The van der Waals surface area contributed by atoms with Crippen molar-refractivity contribution in [2.24, 2.45) is 4.99 Å². The lowest BCUT2D eigenvalue weighted by Gasteiger charge is -2.25. The summed E-state index contributed by atoms with van der Waals surface area (Å²) in [5, 5.41) is 0. The van der Waals surface area contributed by atoms with Crippen molar-refractivity contribution in [1.82, 2.24) is 4.57 Å². The Kier molecular flexibility index (Phi) is 8.73. The lowest BCUT2D eigenvalue weighted by molar-refractivity contribution is -0.139. The van der Waals surface area contributed by atoms with Crippen molar-refractivity contribution in [1.29, 1.82) is 0 Å². The highest BCUT2D eigenvalue weighted by molar-refractivity contribution is 7.07. The van der Waals surface area contributed by atoms with Crippen LogP contribution in [0.1, 0.15) is 44.9 Å². The van der Waals surface area contributed by atoms with E-state index >= 15 is 0 Å². The molecule has 0 saturated heterocycles. The Morgan fingerprint density at radius 3 is 2.38 bits per heavy atom. The van der Waals surface area contributed by atoms with E-state index in [1.165, 1.54) is 37.0 Å². The van der Waals surface area contributed by atoms with Gasteiger partial charge in [0.2, 0.25) is 0 Å². The minimum Gasteiger partial charge on any atom is -0.493 e. The molecule has 40 heavy (non-hydrogen) atoms. The lowest BCUT2D eigenvalue weighted by Crippen LogP contribution is -2.39. The van der Waals surface area contributed by atoms with Gasteiger partial charge in [-0.05, 0) is 62.2 Å². The second kappa shape index (κ2) is 12.2. The van der Waals surface area contributed by atoms with E-state index in [4.69, 9.17) is 23.7 Å². The largest absolute Gasteiger partial charge is 0.493 e. The second-order valence-corrected chi connectivity index (χ2v) is 9.66. The molecule has 0 radical (unpaired) electrons. The van der Waals surface area contributed by atoms with E-state index in [-0.39, 0.29) is 23.5 Å². The molecular weight excluding hydrogens is 536 g/mol. The molecule has 0 fully saturated rings. The van der Waals surface area contributed by atoms with Crippen molar-refractivity contribution in [3.05, 3.63) is 78.5 Å². The van der Waals surface area contributed by atoms with Crippen LogP contribution in [0.4, 0.5) is 0 Å². The van der Waals surface area contributed by atoms with Gasteiger partial charge in [-0.25, -0.2) is 9.79 Å². The molecule has 0 aliphatic carbocycles. The Morgan fingerprint density at radius 1 is 1.00 bits per heavy atom. The molecule has 1 aromatic heterocycles. The van der Waals surface area contributed by atoms with Crippen LogP contribution in [0.15, 0.2) is 57.5 Å². The number of thiazole rings is 1. The van der Waals surface area contributed by atoms with E-state index in [1.807, 2.05) is 6.92 Å². The van der Waals surface area contributed by atoms with E-state index in [0.717, 1.165) is 0 Å². The average molecular weight is 567 g/mol. The molecule has 10 nitrogen and oxygen atoms in total. The summed E-state index contributed by atoms with van der Waals surface area (Å²) in [5.74, 6) is 0.611. The maximum atomic E-state index is 13.9. The Hall–Kier alpha value is -4.38. The molecule has 1 aliphatic heterocycles. The SMILES string of the molecule is CCOC(=O)C1=C(C)N=c2s/c(=C/c3ccc(OC(C)=O)c(OCC)c3)c(=O)n2C1c1ccc(OC)c(OC)c1. The Morgan fingerprint density at radius 2 is 1.73 bits per heavy atom. The molecule has 3 aromatic rings. The predicted octanol–water partition coefficient (Wildman–Crippen LogP) is 3.14. The molecule has 0 saturated carbocycles. The molecule has 0 bridgehead atoms. The third-order valence-corrected chi connectivity index (χ3v) is 7.04. The maximum Gasteiger partial charge on any atom is 0.338 e. The Bertz CT molecular complexity index is 1670. The van der Waals surface area contributed by atoms with Gasteiger partial charge in [-0.2, -0.15) is 0 Å². The second-order valence-electron chi connectivity index (χ2n) is 8.65. The zero-order valence-corrected chi connectivity index (χ0v) is 23.9. The summed E-state index contributed by atoms with van der Waals surface area (Å²) >= 11 is 1.20. The van der Waals surface area contributed by atoms with Crippen molar-refractivity contribution < 1.29 is 33.3 Å². The fourth-order valence-electron chi connectivity index (χ4n) is 4.40. The van der Waals surface area contributed by atoms with Gasteiger partial charge in [-0.15, -0.1) is 0 Å². The van der Waals surface area contributed by atoms with Crippen LogP contribution in [-0.4, -0.2) is 43.9 Å². The predicted molar refractivity (Wildman–Crippen MR) is 149 cm³/mol. The first-order valence-electron chi connectivity index (χ1n) is 12.6. The number of hydrogen-bond donors (Lipinski definition) is 0. The number of nitrogens with zero attached hydrogens (tertiary/aromatic N) is 2. The standard InChI is InChI=1S/C29H30N2O8S/c1-7-37-23-13-18(9-11-21(23)39-17(4)32)14-24-27(33)31-26(19-10-12-20(35-5)22(15-19)36-6)25(28(34)38-8-2)16(3)30-29(31)40-24/h9-15,26H,7-8H2,1-6H3/b24-14+. The first-order valence-corrected chi connectivity index (χ1v) is 13.4. The summed E-state index contributed by atoms with van der Waals surface area (Å²) in [6.45, 7) is 7.11. The van der Waals surface area contributed by atoms with Gasteiger partial charge in [0.05, 0.1) is 49.3 Å². The molecule has 1 atom stereocenters. The summed E-state index contributed by atoms with van der Waals surface area (Å²) in [6.07, 6.45) is 1.71. The normalized spacial score (nSPS) is 14.8. The van der Waals surface area contributed by atoms with Gasteiger partial charge in [0.25, 0.3) is 5.56 Å². The molecule has 0 amide bonds. The van der Waals surface area contributed by atoms with Crippen LogP contribution in [0.5, 0.6) is 23.0 Å². The molecule has 4 rings (SSSR count). The topological polar surface area (TPSA) is 115 Å².